The molecule has 4 nitrogen and oxygen atoms in total. The minimum absolute atomic E-state index is 0.133. The number of hydrogen-bond acceptors (Lipinski definition) is 3. The van der Waals surface area contributed by atoms with Gasteiger partial charge < -0.3 is 14.6 Å². The zero-order valence-electron chi connectivity index (χ0n) is 15.7. The minimum Gasteiger partial charge on any atom is -0.489 e. The van der Waals surface area contributed by atoms with Gasteiger partial charge in [0.2, 0.25) is 0 Å². The van der Waals surface area contributed by atoms with Gasteiger partial charge in [0.05, 0.1) is 0 Å². The Morgan fingerprint density at radius 3 is 1.93 bits per heavy atom. The van der Waals surface area contributed by atoms with Crippen LogP contribution in [0.3, 0.4) is 0 Å². The van der Waals surface area contributed by atoms with Crippen LogP contribution in [-0.4, -0.2) is 11.1 Å². The summed E-state index contributed by atoms with van der Waals surface area (Å²) in [4.78, 5) is 11.8. The molecule has 0 bridgehead atoms. The molecular formula is C25H20O4. The van der Waals surface area contributed by atoms with Crippen LogP contribution in [0.1, 0.15) is 21.5 Å². The lowest BCUT2D eigenvalue weighted by Gasteiger charge is -2.14. The summed E-state index contributed by atoms with van der Waals surface area (Å²) in [7, 11) is 0. The topological polar surface area (TPSA) is 55.8 Å². The number of carboxylic acids is 1. The summed E-state index contributed by atoms with van der Waals surface area (Å²) in [6.07, 6.45) is 0. The second-order valence-electron chi connectivity index (χ2n) is 6.68. The van der Waals surface area contributed by atoms with Gasteiger partial charge in [0.25, 0.3) is 0 Å². The number of carboxylic acid groups (broad SMARTS) is 1. The van der Waals surface area contributed by atoms with Crippen LogP contribution in [0.4, 0.5) is 0 Å². The fourth-order valence-corrected chi connectivity index (χ4v) is 3.16. The molecule has 0 spiro atoms. The lowest BCUT2D eigenvalue weighted by atomic mass is 10.0. The Balaban J connectivity index is 1.66. The van der Waals surface area contributed by atoms with Gasteiger partial charge in [-0.1, -0.05) is 72.8 Å². The molecule has 0 aromatic heterocycles. The molecule has 0 radical (unpaired) electrons. The van der Waals surface area contributed by atoms with Gasteiger partial charge in [-0.3, -0.25) is 0 Å². The molecule has 0 fully saturated rings. The van der Waals surface area contributed by atoms with Crippen molar-refractivity contribution in [3.63, 3.8) is 0 Å². The number of aromatic carboxylic acids is 1. The summed E-state index contributed by atoms with van der Waals surface area (Å²) in [6, 6.07) is 28.6. The molecule has 0 saturated carbocycles. The average Bonchev–Trinajstić information content (AvgIpc) is 2.77. The van der Waals surface area contributed by atoms with Crippen molar-refractivity contribution in [3.8, 4) is 11.5 Å². The van der Waals surface area contributed by atoms with Crippen LogP contribution < -0.4 is 9.47 Å². The molecule has 0 unspecified atom stereocenters. The third-order valence-corrected chi connectivity index (χ3v) is 4.65. The molecule has 0 aliphatic rings. The Morgan fingerprint density at radius 2 is 1.31 bits per heavy atom. The molecule has 4 rings (SSSR count). The highest BCUT2D eigenvalue weighted by atomic mass is 16.5. The molecule has 0 amide bonds. The lowest BCUT2D eigenvalue weighted by Crippen LogP contribution is -2.04. The molecule has 0 aliphatic carbocycles. The van der Waals surface area contributed by atoms with E-state index in [1.54, 1.807) is 12.1 Å². The van der Waals surface area contributed by atoms with Crippen molar-refractivity contribution < 1.29 is 19.4 Å². The van der Waals surface area contributed by atoms with E-state index in [0.29, 0.717) is 23.5 Å². The van der Waals surface area contributed by atoms with E-state index in [1.165, 1.54) is 0 Å². The summed E-state index contributed by atoms with van der Waals surface area (Å²) in [5, 5.41) is 11.2. The highest BCUT2D eigenvalue weighted by Gasteiger charge is 2.16. The maximum Gasteiger partial charge on any atom is 0.339 e. The van der Waals surface area contributed by atoms with Crippen molar-refractivity contribution in [2.24, 2.45) is 0 Å². The molecule has 4 heteroatoms. The zero-order chi connectivity index (χ0) is 20.1. The van der Waals surface area contributed by atoms with E-state index in [1.807, 2.05) is 78.9 Å². The van der Waals surface area contributed by atoms with Gasteiger partial charge in [0, 0.05) is 5.39 Å². The normalized spacial score (nSPS) is 10.6. The number of benzene rings is 4. The third-order valence-electron chi connectivity index (χ3n) is 4.65. The Labute approximate surface area is 169 Å². The molecule has 4 aromatic rings. The van der Waals surface area contributed by atoms with E-state index in [9.17, 15) is 9.90 Å². The number of hydrogen-bond donors (Lipinski definition) is 1. The number of carbonyl (C=O) groups is 1. The van der Waals surface area contributed by atoms with Gasteiger partial charge in [-0.05, 0) is 34.7 Å². The van der Waals surface area contributed by atoms with Crippen LogP contribution in [-0.2, 0) is 13.2 Å². The van der Waals surface area contributed by atoms with Crippen LogP contribution in [0.2, 0.25) is 0 Å². The molecule has 0 heterocycles. The molecule has 0 atom stereocenters. The Bertz CT molecular complexity index is 1120. The van der Waals surface area contributed by atoms with Crippen LogP contribution in [0, 0.1) is 0 Å². The quantitative estimate of drug-likeness (QED) is 0.444. The van der Waals surface area contributed by atoms with Crippen molar-refractivity contribution in [2.75, 3.05) is 0 Å². The van der Waals surface area contributed by atoms with E-state index < -0.39 is 5.97 Å². The van der Waals surface area contributed by atoms with Gasteiger partial charge in [0.1, 0.15) is 30.3 Å². The first kappa shape index (κ1) is 18.6. The Kier molecular flexibility index (Phi) is 5.43. The summed E-state index contributed by atoms with van der Waals surface area (Å²) in [5.41, 5.74) is 2.17. The van der Waals surface area contributed by atoms with E-state index in [2.05, 4.69) is 0 Å². The van der Waals surface area contributed by atoms with Crippen molar-refractivity contribution >= 4 is 16.7 Å². The van der Waals surface area contributed by atoms with Crippen LogP contribution in [0.15, 0.2) is 91.0 Å². The maximum absolute atomic E-state index is 11.8. The molecule has 1 N–H and O–H groups in total. The number of ether oxygens (including phenoxy) is 2. The maximum atomic E-state index is 11.8. The van der Waals surface area contributed by atoms with Crippen LogP contribution in [0.5, 0.6) is 11.5 Å². The van der Waals surface area contributed by atoms with Gasteiger partial charge in [0.15, 0.2) is 0 Å². The fraction of sp³-hybridized carbons (Fsp3) is 0.0800. The smallest absolute Gasteiger partial charge is 0.339 e. The van der Waals surface area contributed by atoms with Gasteiger partial charge in [-0.25, -0.2) is 4.79 Å². The minimum atomic E-state index is -1.02. The summed E-state index contributed by atoms with van der Waals surface area (Å²) in [6.45, 7) is 0.723. The molecule has 29 heavy (non-hydrogen) atoms. The summed E-state index contributed by atoms with van der Waals surface area (Å²) in [5.74, 6) is -0.0111. The monoisotopic (exact) mass is 384 g/mol. The highest BCUT2D eigenvalue weighted by Crippen LogP contribution is 2.33. The Morgan fingerprint density at radius 1 is 0.724 bits per heavy atom. The first-order valence-corrected chi connectivity index (χ1v) is 9.34. The molecule has 0 aliphatic heterocycles. The number of rotatable bonds is 7. The van der Waals surface area contributed by atoms with Gasteiger partial charge in [-0.15, -0.1) is 0 Å². The predicted molar refractivity (Wildman–Crippen MR) is 112 cm³/mol. The van der Waals surface area contributed by atoms with Crippen LogP contribution in [0.25, 0.3) is 10.8 Å². The van der Waals surface area contributed by atoms with E-state index in [0.717, 1.165) is 16.5 Å². The van der Waals surface area contributed by atoms with Crippen molar-refractivity contribution in [1.29, 1.82) is 0 Å². The number of fused-ring (bicyclic) bond motifs is 1. The first-order chi connectivity index (χ1) is 14.2. The molecule has 144 valence electrons. The standard InChI is InChI=1S/C25H20O4/c26-25(27)22-14-12-20-11-13-21(28-16-18-7-3-1-4-8-18)15-23(20)24(22)29-17-19-9-5-2-6-10-19/h1-15H,16-17H2,(H,26,27). The third kappa shape index (κ3) is 4.38. The lowest BCUT2D eigenvalue weighted by molar-refractivity contribution is 0.0692. The van der Waals surface area contributed by atoms with E-state index in [4.69, 9.17) is 9.47 Å². The fourth-order valence-electron chi connectivity index (χ4n) is 3.16. The van der Waals surface area contributed by atoms with Gasteiger partial charge in [-0.2, -0.15) is 0 Å². The van der Waals surface area contributed by atoms with E-state index >= 15 is 0 Å². The Hall–Kier alpha value is -3.79. The molecule has 0 saturated heterocycles. The van der Waals surface area contributed by atoms with Crippen molar-refractivity contribution in [1.82, 2.24) is 0 Å². The predicted octanol–water partition coefficient (Wildman–Crippen LogP) is 5.70. The van der Waals surface area contributed by atoms with Gasteiger partial charge >= 0.3 is 5.97 Å². The molecule has 4 aromatic carbocycles. The second kappa shape index (κ2) is 8.48. The SMILES string of the molecule is O=C(O)c1ccc2ccc(OCc3ccccc3)cc2c1OCc1ccccc1. The average molecular weight is 384 g/mol. The summed E-state index contributed by atoms with van der Waals surface area (Å²) < 4.78 is 11.9. The first-order valence-electron chi connectivity index (χ1n) is 9.34. The van der Waals surface area contributed by atoms with E-state index in [-0.39, 0.29) is 12.2 Å². The zero-order valence-corrected chi connectivity index (χ0v) is 15.7. The molecular weight excluding hydrogens is 364 g/mol. The second-order valence-corrected chi connectivity index (χ2v) is 6.68. The van der Waals surface area contributed by atoms with Crippen molar-refractivity contribution in [3.05, 3.63) is 108 Å². The summed E-state index contributed by atoms with van der Waals surface area (Å²) >= 11 is 0. The van der Waals surface area contributed by atoms with Crippen molar-refractivity contribution in [2.45, 2.75) is 13.2 Å². The largest absolute Gasteiger partial charge is 0.489 e. The highest BCUT2D eigenvalue weighted by molar-refractivity contribution is 6.01. The van der Waals surface area contributed by atoms with Crippen LogP contribution >= 0.6 is 0 Å².